The fourth-order valence-corrected chi connectivity index (χ4v) is 1.88. The molecule has 0 aromatic carbocycles. The Hall–Kier alpha value is -1.16. The number of nitrogens with one attached hydrogen (secondary N) is 1. The summed E-state index contributed by atoms with van der Waals surface area (Å²) < 4.78 is 0. The SMILES string of the molecule is CN(C)c1nccc([C@H]2CCCCN2)n1. The van der Waals surface area contributed by atoms with Crippen molar-refractivity contribution in [3.63, 3.8) is 0 Å². The van der Waals surface area contributed by atoms with Gasteiger partial charge in [-0.15, -0.1) is 0 Å². The Balaban J connectivity index is 2.16. The van der Waals surface area contributed by atoms with Crippen molar-refractivity contribution in [2.24, 2.45) is 0 Å². The maximum Gasteiger partial charge on any atom is 0.225 e. The summed E-state index contributed by atoms with van der Waals surface area (Å²) in [6.07, 6.45) is 5.60. The molecule has 0 amide bonds. The molecule has 0 unspecified atom stereocenters. The van der Waals surface area contributed by atoms with E-state index in [0.29, 0.717) is 6.04 Å². The van der Waals surface area contributed by atoms with Gasteiger partial charge < -0.3 is 10.2 Å². The average molecular weight is 206 g/mol. The van der Waals surface area contributed by atoms with Gasteiger partial charge in [0.25, 0.3) is 0 Å². The molecule has 2 rings (SSSR count). The van der Waals surface area contributed by atoms with Crippen molar-refractivity contribution in [2.45, 2.75) is 25.3 Å². The zero-order valence-corrected chi connectivity index (χ0v) is 9.40. The van der Waals surface area contributed by atoms with Gasteiger partial charge in [-0.1, -0.05) is 6.42 Å². The molecule has 1 aliphatic rings. The molecule has 82 valence electrons. The third-order valence-electron chi connectivity index (χ3n) is 2.73. The lowest BCUT2D eigenvalue weighted by molar-refractivity contribution is 0.405. The van der Waals surface area contributed by atoms with Crippen LogP contribution in [-0.2, 0) is 0 Å². The molecule has 1 aliphatic heterocycles. The lowest BCUT2D eigenvalue weighted by Crippen LogP contribution is -2.28. The Morgan fingerprint density at radius 2 is 2.27 bits per heavy atom. The van der Waals surface area contributed by atoms with Crippen LogP contribution in [0.2, 0.25) is 0 Å². The van der Waals surface area contributed by atoms with Crippen LogP contribution in [0.5, 0.6) is 0 Å². The molecule has 1 fully saturated rings. The van der Waals surface area contributed by atoms with E-state index in [1.54, 1.807) is 0 Å². The molecule has 15 heavy (non-hydrogen) atoms. The summed E-state index contributed by atoms with van der Waals surface area (Å²) in [4.78, 5) is 10.7. The van der Waals surface area contributed by atoms with Gasteiger partial charge in [-0.3, -0.25) is 0 Å². The highest BCUT2D eigenvalue weighted by Crippen LogP contribution is 2.21. The van der Waals surface area contributed by atoms with Crippen LogP contribution >= 0.6 is 0 Å². The van der Waals surface area contributed by atoms with E-state index < -0.39 is 0 Å². The summed E-state index contributed by atoms with van der Waals surface area (Å²) in [6, 6.07) is 2.43. The summed E-state index contributed by atoms with van der Waals surface area (Å²) in [5, 5.41) is 3.49. The van der Waals surface area contributed by atoms with E-state index in [2.05, 4.69) is 15.3 Å². The Morgan fingerprint density at radius 3 is 2.93 bits per heavy atom. The highest BCUT2D eigenvalue weighted by atomic mass is 15.2. The van der Waals surface area contributed by atoms with Gasteiger partial charge in [0, 0.05) is 26.3 Å². The lowest BCUT2D eigenvalue weighted by Gasteiger charge is -2.23. The number of aromatic nitrogens is 2. The molecular weight excluding hydrogens is 188 g/mol. The molecule has 1 saturated heterocycles. The van der Waals surface area contributed by atoms with Crippen LogP contribution in [0, 0.1) is 0 Å². The number of hydrogen-bond donors (Lipinski definition) is 1. The van der Waals surface area contributed by atoms with Crippen molar-refractivity contribution in [3.05, 3.63) is 18.0 Å². The maximum absolute atomic E-state index is 4.55. The van der Waals surface area contributed by atoms with E-state index in [1.807, 2.05) is 31.3 Å². The van der Waals surface area contributed by atoms with E-state index in [1.165, 1.54) is 19.3 Å². The summed E-state index contributed by atoms with van der Waals surface area (Å²) in [6.45, 7) is 1.10. The highest BCUT2D eigenvalue weighted by Gasteiger charge is 2.16. The van der Waals surface area contributed by atoms with Gasteiger partial charge in [0.05, 0.1) is 5.69 Å². The first-order valence-corrected chi connectivity index (χ1v) is 5.51. The van der Waals surface area contributed by atoms with Crippen LogP contribution in [0.4, 0.5) is 5.95 Å². The molecule has 1 atom stereocenters. The number of piperidine rings is 1. The van der Waals surface area contributed by atoms with Crippen molar-refractivity contribution < 1.29 is 0 Å². The zero-order chi connectivity index (χ0) is 10.7. The average Bonchev–Trinajstić information content (AvgIpc) is 2.30. The predicted molar refractivity (Wildman–Crippen MR) is 61.0 cm³/mol. The van der Waals surface area contributed by atoms with Crippen LogP contribution in [0.25, 0.3) is 0 Å². The summed E-state index contributed by atoms with van der Waals surface area (Å²) in [5.74, 6) is 0.792. The molecule has 0 aliphatic carbocycles. The monoisotopic (exact) mass is 206 g/mol. The number of hydrogen-bond acceptors (Lipinski definition) is 4. The third kappa shape index (κ3) is 2.45. The minimum Gasteiger partial charge on any atom is -0.347 e. The first kappa shape index (κ1) is 10.4. The zero-order valence-electron chi connectivity index (χ0n) is 9.40. The van der Waals surface area contributed by atoms with E-state index in [-0.39, 0.29) is 0 Å². The van der Waals surface area contributed by atoms with Crippen LogP contribution in [0.15, 0.2) is 12.3 Å². The van der Waals surface area contributed by atoms with Crippen molar-refractivity contribution in [1.29, 1.82) is 0 Å². The molecule has 1 aromatic heterocycles. The Labute approximate surface area is 90.7 Å². The fourth-order valence-electron chi connectivity index (χ4n) is 1.88. The van der Waals surface area contributed by atoms with Crippen LogP contribution in [0.1, 0.15) is 31.0 Å². The molecule has 0 spiro atoms. The van der Waals surface area contributed by atoms with Gasteiger partial charge in [-0.05, 0) is 25.5 Å². The van der Waals surface area contributed by atoms with Crippen molar-refractivity contribution in [2.75, 3.05) is 25.5 Å². The Bertz CT molecular complexity index is 318. The predicted octanol–water partition coefficient (Wildman–Crippen LogP) is 1.36. The first-order chi connectivity index (χ1) is 7.27. The molecule has 0 bridgehead atoms. The summed E-state index contributed by atoms with van der Waals surface area (Å²) in [5.41, 5.74) is 1.12. The van der Waals surface area contributed by atoms with Gasteiger partial charge in [0.2, 0.25) is 5.95 Å². The van der Waals surface area contributed by atoms with Crippen LogP contribution in [0.3, 0.4) is 0 Å². The number of nitrogens with zero attached hydrogens (tertiary/aromatic N) is 3. The molecule has 4 heteroatoms. The molecule has 0 saturated carbocycles. The van der Waals surface area contributed by atoms with E-state index >= 15 is 0 Å². The Morgan fingerprint density at radius 1 is 1.40 bits per heavy atom. The van der Waals surface area contributed by atoms with Gasteiger partial charge in [0.1, 0.15) is 0 Å². The maximum atomic E-state index is 4.55. The standard InChI is InChI=1S/C11H18N4/c1-15(2)11-13-8-6-10(14-11)9-5-3-4-7-12-9/h6,8-9,12H,3-5,7H2,1-2H3/t9-/m1/s1. The topological polar surface area (TPSA) is 41.1 Å². The molecule has 1 N–H and O–H groups in total. The second kappa shape index (κ2) is 4.57. The smallest absolute Gasteiger partial charge is 0.225 e. The molecule has 1 aromatic rings. The van der Waals surface area contributed by atoms with E-state index in [4.69, 9.17) is 0 Å². The molecular formula is C11H18N4. The van der Waals surface area contributed by atoms with E-state index in [9.17, 15) is 0 Å². The lowest BCUT2D eigenvalue weighted by atomic mass is 10.0. The molecule has 2 heterocycles. The minimum absolute atomic E-state index is 0.417. The van der Waals surface area contributed by atoms with Crippen molar-refractivity contribution >= 4 is 5.95 Å². The van der Waals surface area contributed by atoms with Crippen molar-refractivity contribution in [1.82, 2.24) is 15.3 Å². The second-order valence-corrected chi connectivity index (χ2v) is 4.18. The quantitative estimate of drug-likeness (QED) is 0.793. The molecule has 0 radical (unpaired) electrons. The summed E-state index contributed by atoms with van der Waals surface area (Å²) in [7, 11) is 3.93. The van der Waals surface area contributed by atoms with Gasteiger partial charge in [-0.2, -0.15) is 0 Å². The first-order valence-electron chi connectivity index (χ1n) is 5.51. The van der Waals surface area contributed by atoms with Crippen molar-refractivity contribution in [3.8, 4) is 0 Å². The third-order valence-corrected chi connectivity index (χ3v) is 2.73. The number of rotatable bonds is 2. The minimum atomic E-state index is 0.417. The van der Waals surface area contributed by atoms with Crippen LogP contribution in [-0.4, -0.2) is 30.6 Å². The Kier molecular flexibility index (Phi) is 3.16. The largest absolute Gasteiger partial charge is 0.347 e. The molecule has 4 nitrogen and oxygen atoms in total. The van der Waals surface area contributed by atoms with Gasteiger partial charge in [0.15, 0.2) is 0 Å². The fraction of sp³-hybridized carbons (Fsp3) is 0.636. The van der Waals surface area contributed by atoms with Gasteiger partial charge >= 0.3 is 0 Å². The number of anilines is 1. The normalized spacial score (nSPS) is 21.3. The second-order valence-electron chi connectivity index (χ2n) is 4.18. The van der Waals surface area contributed by atoms with Crippen LogP contribution < -0.4 is 10.2 Å². The van der Waals surface area contributed by atoms with E-state index in [0.717, 1.165) is 18.2 Å². The van der Waals surface area contributed by atoms with Gasteiger partial charge in [-0.25, -0.2) is 9.97 Å². The highest BCUT2D eigenvalue weighted by molar-refractivity contribution is 5.28. The summed E-state index contributed by atoms with van der Waals surface area (Å²) >= 11 is 0.